The molecule has 0 radical (unpaired) electrons. The van der Waals surface area contributed by atoms with E-state index in [2.05, 4.69) is 5.32 Å². The molecule has 0 aliphatic rings. The van der Waals surface area contributed by atoms with E-state index in [0.29, 0.717) is 18.7 Å². The fourth-order valence-corrected chi connectivity index (χ4v) is 2.21. The third kappa shape index (κ3) is 3.53. The summed E-state index contributed by atoms with van der Waals surface area (Å²) >= 11 is 0. The van der Waals surface area contributed by atoms with Crippen LogP contribution in [0.2, 0.25) is 0 Å². The number of carbonyl (C=O) groups is 1. The summed E-state index contributed by atoms with van der Waals surface area (Å²) in [7, 11) is 0. The van der Waals surface area contributed by atoms with Gasteiger partial charge >= 0.3 is 0 Å². The smallest absolute Gasteiger partial charge is 0.223 e. The minimum Gasteiger partial charge on any atom is -0.503 e. The molecule has 2 aromatic rings. The molecule has 1 unspecified atom stereocenters. The Labute approximate surface area is 127 Å². The molecule has 1 heterocycles. The average Bonchev–Trinajstić information content (AvgIpc) is 2.51. The van der Waals surface area contributed by atoms with Gasteiger partial charge < -0.3 is 20.1 Å². The van der Waals surface area contributed by atoms with Gasteiger partial charge in [-0.15, -0.1) is 0 Å². The van der Waals surface area contributed by atoms with Crippen molar-refractivity contribution in [2.75, 3.05) is 6.54 Å². The van der Waals surface area contributed by atoms with Crippen LogP contribution in [0.25, 0.3) is 0 Å². The molecule has 22 heavy (non-hydrogen) atoms. The number of aliphatic hydroxyl groups excluding tert-OH is 1. The van der Waals surface area contributed by atoms with E-state index in [1.165, 1.54) is 19.2 Å². The molecule has 1 amide bonds. The second-order valence-electron chi connectivity index (χ2n) is 4.90. The molecule has 0 spiro atoms. The predicted molar refractivity (Wildman–Crippen MR) is 81.6 cm³/mol. The van der Waals surface area contributed by atoms with Gasteiger partial charge in [-0.2, -0.15) is 0 Å². The van der Waals surface area contributed by atoms with Crippen LogP contribution >= 0.6 is 0 Å². The summed E-state index contributed by atoms with van der Waals surface area (Å²) < 4.78 is 1.56. The Kier molecular flexibility index (Phi) is 4.95. The fraction of sp³-hybridized carbons (Fsp3) is 0.250. The lowest BCUT2D eigenvalue weighted by atomic mass is 10.0. The van der Waals surface area contributed by atoms with Gasteiger partial charge in [-0.3, -0.25) is 9.59 Å². The fourth-order valence-electron chi connectivity index (χ4n) is 2.21. The van der Waals surface area contributed by atoms with Gasteiger partial charge in [0.2, 0.25) is 11.3 Å². The molecule has 0 saturated carbocycles. The van der Waals surface area contributed by atoms with Crippen LogP contribution in [-0.4, -0.2) is 27.2 Å². The minimum absolute atomic E-state index is 0.115. The Morgan fingerprint density at radius 1 is 1.27 bits per heavy atom. The number of aromatic hydroxyl groups is 1. The van der Waals surface area contributed by atoms with E-state index in [-0.39, 0.29) is 11.6 Å². The third-order valence-electron chi connectivity index (χ3n) is 3.29. The zero-order valence-corrected chi connectivity index (χ0v) is 12.2. The molecular formula is C16H18N2O4. The number of nitrogens with zero attached hydrogens (tertiary/aromatic N) is 1. The van der Waals surface area contributed by atoms with Crippen LogP contribution in [0.5, 0.6) is 5.75 Å². The van der Waals surface area contributed by atoms with Gasteiger partial charge in [0.15, 0.2) is 5.75 Å². The van der Waals surface area contributed by atoms with Crippen LogP contribution in [0.1, 0.15) is 24.3 Å². The van der Waals surface area contributed by atoms with Crippen LogP contribution in [0.3, 0.4) is 0 Å². The first-order valence-electron chi connectivity index (χ1n) is 6.90. The Hall–Kier alpha value is -2.60. The molecule has 0 bridgehead atoms. The summed E-state index contributed by atoms with van der Waals surface area (Å²) in [6, 6.07) is 9.98. The van der Waals surface area contributed by atoms with E-state index >= 15 is 0 Å². The van der Waals surface area contributed by atoms with E-state index in [1.54, 1.807) is 28.8 Å². The first kappa shape index (κ1) is 15.8. The van der Waals surface area contributed by atoms with Crippen molar-refractivity contribution in [1.29, 1.82) is 0 Å². The Morgan fingerprint density at radius 3 is 2.59 bits per heavy atom. The molecule has 1 aromatic carbocycles. The maximum absolute atomic E-state index is 11.7. The number of benzene rings is 1. The molecule has 0 fully saturated rings. The number of nitrogens with one attached hydrogen (secondary N) is 1. The van der Waals surface area contributed by atoms with Crippen molar-refractivity contribution in [2.24, 2.45) is 0 Å². The molecule has 0 aliphatic carbocycles. The molecule has 2 rings (SSSR count). The predicted octanol–water partition coefficient (Wildman–Crippen LogP) is 0.772. The van der Waals surface area contributed by atoms with Gasteiger partial charge in [0.25, 0.3) is 0 Å². The number of aliphatic hydroxyl groups is 1. The zero-order valence-electron chi connectivity index (χ0n) is 12.2. The van der Waals surface area contributed by atoms with Crippen molar-refractivity contribution in [3.05, 3.63) is 64.1 Å². The van der Waals surface area contributed by atoms with Crippen molar-refractivity contribution in [1.82, 2.24) is 9.88 Å². The standard InChI is InChI=1S/C16H18N2O4/c1-11(19)17-8-10-18-9-7-13(20)16(22)14(18)15(21)12-5-3-2-4-6-12/h2-7,9,15,21-22H,8,10H2,1H3,(H,17,19). The Balaban J connectivity index is 2.37. The van der Waals surface area contributed by atoms with Crippen molar-refractivity contribution in [2.45, 2.75) is 19.6 Å². The van der Waals surface area contributed by atoms with Gasteiger partial charge in [-0.25, -0.2) is 0 Å². The molecule has 116 valence electrons. The SMILES string of the molecule is CC(=O)NCCn1ccc(=O)c(O)c1C(O)c1ccccc1. The second kappa shape index (κ2) is 6.91. The zero-order chi connectivity index (χ0) is 16.1. The third-order valence-corrected chi connectivity index (χ3v) is 3.29. The monoisotopic (exact) mass is 302 g/mol. The number of amides is 1. The molecule has 3 N–H and O–H groups in total. The summed E-state index contributed by atoms with van der Waals surface area (Å²) in [5, 5.41) is 23.2. The van der Waals surface area contributed by atoms with Gasteiger partial charge in [0.1, 0.15) is 6.10 Å². The second-order valence-corrected chi connectivity index (χ2v) is 4.90. The normalized spacial score (nSPS) is 11.9. The molecule has 1 atom stereocenters. The number of rotatable bonds is 5. The first-order chi connectivity index (χ1) is 10.5. The van der Waals surface area contributed by atoms with Crippen molar-refractivity contribution >= 4 is 5.91 Å². The van der Waals surface area contributed by atoms with E-state index in [1.807, 2.05) is 6.07 Å². The van der Waals surface area contributed by atoms with Gasteiger partial charge in [-0.1, -0.05) is 30.3 Å². The van der Waals surface area contributed by atoms with Gasteiger partial charge in [0, 0.05) is 32.3 Å². The quantitative estimate of drug-likeness (QED) is 0.761. The highest BCUT2D eigenvalue weighted by Crippen LogP contribution is 2.26. The lowest BCUT2D eigenvalue weighted by Crippen LogP contribution is -2.26. The number of pyridine rings is 1. The van der Waals surface area contributed by atoms with Crippen molar-refractivity contribution in [3.8, 4) is 5.75 Å². The van der Waals surface area contributed by atoms with E-state index < -0.39 is 17.3 Å². The minimum atomic E-state index is -1.13. The van der Waals surface area contributed by atoms with Crippen LogP contribution in [0.4, 0.5) is 0 Å². The summed E-state index contributed by atoms with van der Waals surface area (Å²) in [4.78, 5) is 22.6. The summed E-state index contributed by atoms with van der Waals surface area (Å²) in [6.07, 6.45) is 0.359. The highest BCUT2D eigenvalue weighted by Gasteiger charge is 2.20. The molecule has 6 nitrogen and oxygen atoms in total. The molecule has 1 aromatic heterocycles. The van der Waals surface area contributed by atoms with E-state index in [9.17, 15) is 19.8 Å². The molecule has 6 heteroatoms. The van der Waals surface area contributed by atoms with Gasteiger partial charge in [-0.05, 0) is 5.56 Å². The Morgan fingerprint density at radius 2 is 1.95 bits per heavy atom. The Bertz CT molecular complexity index is 710. The van der Waals surface area contributed by atoms with Crippen LogP contribution in [-0.2, 0) is 11.3 Å². The largest absolute Gasteiger partial charge is 0.503 e. The number of aromatic nitrogens is 1. The lowest BCUT2D eigenvalue weighted by molar-refractivity contribution is -0.118. The summed E-state index contributed by atoms with van der Waals surface area (Å²) in [6.45, 7) is 2.06. The lowest BCUT2D eigenvalue weighted by Gasteiger charge is -2.19. The number of carbonyl (C=O) groups excluding carboxylic acids is 1. The maximum atomic E-state index is 11.7. The van der Waals surface area contributed by atoms with Crippen molar-refractivity contribution in [3.63, 3.8) is 0 Å². The molecule has 0 aliphatic heterocycles. The highest BCUT2D eigenvalue weighted by molar-refractivity contribution is 5.72. The number of hydrogen-bond donors (Lipinski definition) is 3. The molecular weight excluding hydrogens is 284 g/mol. The summed E-state index contributed by atoms with van der Waals surface area (Å²) in [5.74, 6) is -0.655. The van der Waals surface area contributed by atoms with Crippen LogP contribution in [0.15, 0.2) is 47.4 Å². The average molecular weight is 302 g/mol. The maximum Gasteiger partial charge on any atom is 0.223 e. The van der Waals surface area contributed by atoms with E-state index in [4.69, 9.17) is 0 Å². The first-order valence-corrected chi connectivity index (χ1v) is 6.90. The number of hydrogen-bond acceptors (Lipinski definition) is 4. The molecule has 0 saturated heterocycles. The van der Waals surface area contributed by atoms with Crippen molar-refractivity contribution < 1.29 is 15.0 Å². The van der Waals surface area contributed by atoms with Crippen LogP contribution < -0.4 is 10.7 Å². The van der Waals surface area contributed by atoms with Crippen LogP contribution in [0, 0.1) is 0 Å². The highest BCUT2D eigenvalue weighted by atomic mass is 16.3. The van der Waals surface area contributed by atoms with Gasteiger partial charge in [0.05, 0.1) is 5.69 Å². The van der Waals surface area contributed by atoms with E-state index in [0.717, 1.165) is 0 Å². The topological polar surface area (TPSA) is 91.6 Å². The summed E-state index contributed by atoms with van der Waals surface area (Å²) in [5.41, 5.74) is 0.126.